The highest BCUT2D eigenvalue weighted by atomic mass is 16.4. The van der Waals surface area contributed by atoms with Crippen LogP contribution in [0.1, 0.15) is 17.7 Å². The van der Waals surface area contributed by atoms with Gasteiger partial charge in [-0.1, -0.05) is 12.1 Å². The van der Waals surface area contributed by atoms with Gasteiger partial charge in [-0.05, 0) is 24.1 Å². The maximum absolute atomic E-state index is 13.0. The lowest BCUT2D eigenvalue weighted by molar-refractivity contribution is -0.143. The number of H-pyrrole nitrogens is 1. The molecule has 1 aromatic heterocycles. The topological polar surface area (TPSA) is 263 Å². The first kappa shape index (κ1) is 28.7. The van der Waals surface area contributed by atoms with E-state index >= 15 is 0 Å². The van der Waals surface area contributed by atoms with Gasteiger partial charge in [-0.3, -0.25) is 19.2 Å². The molecular formula is C22H29N7O8. The fraction of sp³-hybridized carbons (Fsp3) is 0.364. The predicted molar refractivity (Wildman–Crippen MR) is 126 cm³/mol. The Kier molecular flexibility index (Phi) is 10.5. The largest absolute Gasteiger partial charge is 0.508 e. The third kappa shape index (κ3) is 9.23. The molecule has 15 nitrogen and oxygen atoms in total. The number of aliphatic carboxylic acids is 1. The highest BCUT2D eigenvalue weighted by Gasteiger charge is 2.31. The van der Waals surface area contributed by atoms with E-state index in [-0.39, 0.29) is 18.6 Å². The number of nitrogens with zero attached hydrogens (tertiary/aromatic N) is 1. The van der Waals surface area contributed by atoms with Crippen LogP contribution in [0, 0.1) is 0 Å². The zero-order valence-electron chi connectivity index (χ0n) is 19.6. The van der Waals surface area contributed by atoms with Crippen molar-refractivity contribution in [1.82, 2.24) is 25.9 Å². The number of aromatic hydroxyl groups is 1. The zero-order chi connectivity index (χ0) is 27.5. The summed E-state index contributed by atoms with van der Waals surface area (Å²) in [5.74, 6) is -5.08. The maximum atomic E-state index is 13.0. The molecule has 0 spiro atoms. The van der Waals surface area contributed by atoms with E-state index in [1.54, 1.807) is 12.1 Å². The fourth-order valence-corrected chi connectivity index (χ4v) is 3.22. The molecule has 0 aliphatic carbocycles. The maximum Gasteiger partial charge on any atom is 0.328 e. The molecule has 4 amide bonds. The summed E-state index contributed by atoms with van der Waals surface area (Å²) >= 11 is 0. The normalized spacial score (nSPS) is 14.0. The number of nitrogens with two attached hydrogens (primary N) is 2. The molecule has 4 unspecified atom stereocenters. The number of carboxylic acid groups (broad SMARTS) is 1. The monoisotopic (exact) mass is 519 g/mol. The van der Waals surface area contributed by atoms with E-state index in [0.29, 0.717) is 11.3 Å². The van der Waals surface area contributed by atoms with Crippen molar-refractivity contribution in [3.8, 4) is 5.75 Å². The van der Waals surface area contributed by atoms with E-state index < -0.39 is 66.8 Å². The lowest BCUT2D eigenvalue weighted by Gasteiger charge is -2.24. The summed E-state index contributed by atoms with van der Waals surface area (Å²) in [5.41, 5.74) is 12.2. The third-order valence-electron chi connectivity index (χ3n) is 5.18. The number of hydrogen-bond acceptors (Lipinski definition) is 9. The smallest absolute Gasteiger partial charge is 0.328 e. The Bertz CT molecular complexity index is 1090. The first-order valence-corrected chi connectivity index (χ1v) is 11.0. The molecule has 1 heterocycles. The average Bonchev–Trinajstić information content (AvgIpc) is 3.35. The average molecular weight is 520 g/mol. The van der Waals surface area contributed by atoms with Gasteiger partial charge in [0.05, 0.1) is 25.4 Å². The van der Waals surface area contributed by atoms with Crippen molar-refractivity contribution in [1.29, 1.82) is 0 Å². The minimum atomic E-state index is -1.63. The van der Waals surface area contributed by atoms with Crippen LogP contribution in [0.4, 0.5) is 0 Å². The second kappa shape index (κ2) is 13.6. The number of amides is 4. The van der Waals surface area contributed by atoms with Gasteiger partial charge in [0.1, 0.15) is 23.9 Å². The summed E-state index contributed by atoms with van der Waals surface area (Å²) < 4.78 is 0. The van der Waals surface area contributed by atoms with Crippen molar-refractivity contribution < 1.29 is 39.3 Å². The van der Waals surface area contributed by atoms with E-state index in [4.69, 9.17) is 16.6 Å². The van der Waals surface area contributed by atoms with Crippen molar-refractivity contribution >= 4 is 29.6 Å². The van der Waals surface area contributed by atoms with Crippen LogP contribution in [-0.4, -0.2) is 85.7 Å². The van der Waals surface area contributed by atoms with Gasteiger partial charge in [0, 0.05) is 18.3 Å². The number of hydrogen-bond donors (Lipinski definition) is 9. The summed E-state index contributed by atoms with van der Waals surface area (Å²) in [6, 6.07) is 0.322. The van der Waals surface area contributed by atoms with Gasteiger partial charge in [-0.25, -0.2) is 9.78 Å². The molecule has 4 atom stereocenters. The Balaban J connectivity index is 2.15. The van der Waals surface area contributed by atoms with Gasteiger partial charge in [-0.2, -0.15) is 0 Å². The van der Waals surface area contributed by atoms with Crippen LogP contribution < -0.4 is 27.4 Å². The first-order chi connectivity index (χ1) is 17.5. The minimum Gasteiger partial charge on any atom is -0.508 e. The Labute approximate surface area is 210 Å². The molecule has 37 heavy (non-hydrogen) atoms. The first-order valence-electron chi connectivity index (χ1n) is 11.0. The molecule has 0 radical (unpaired) electrons. The second-order valence-electron chi connectivity index (χ2n) is 8.13. The van der Waals surface area contributed by atoms with E-state index in [2.05, 4.69) is 25.9 Å². The standard InChI is InChI=1S/C22H29N7O8/c23-14(5-11-1-3-13(31)4-2-11)19(33)27-16(7-18(24)32)21(35)28-15(6-12-8-25-10-26-12)20(34)29-17(9-30)22(36)37/h1-4,8,10,14-17,30-31H,5-7,9,23H2,(H2,24,32)(H,25,26)(H,27,33)(H,28,35)(H,29,34)(H,36,37). The summed E-state index contributed by atoms with van der Waals surface area (Å²) in [6.07, 6.45) is 1.98. The number of imidazole rings is 1. The number of nitrogens with one attached hydrogen (secondary N) is 4. The lowest BCUT2D eigenvalue weighted by Crippen LogP contribution is -2.58. The van der Waals surface area contributed by atoms with Crippen LogP contribution in [0.15, 0.2) is 36.8 Å². The van der Waals surface area contributed by atoms with Gasteiger partial charge in [0.15, 0.2) is 0 Å². The molecular weight excluding hydrogens is 490 g/mol. The van der Waals surface area contributed by atoms with E-state index in [1.807, 2.05) is 0 Å². The predicted octanol–water partition coefficient (Wildman–Crippen LogP) is -3.37. The molecule has 11 N–H and O–H groups in total. The highest BCUT2D eigenvalue weighted by molar-refractivity contribution is 5.96. The van der Waals surface area contributed by atoms with E-state index in [1.165, 1.54) is 24.7 Å². The molecule has 1 aromatic carbocycles. The number of phenols is 1. The number of primary amides is 1. The van der Waals surface area contributed by atoms with Crippen LogP contribution in [0.3, 0.4) is 0 Å². The molecule has 2 rings (SSSR count). The number of aliphatic hydroxyl groups excluding tert-OH is 1. The Morgan fingerprint density at radius 2 is 1.51 bits per heavy atom. The van der Waals surface area contributed by atoms with Crippen molar-refractivity contribution in [2.75, 3.05) is 6.61 Å². The van der Waals surface area contributed by atoms with Crippen molar-refractivity contribution in [2.24, 2.45) is 11.5 Å². The molecule has 0 saturated carbocycles. The van der Waals surface area contributed by atoms with Crippen molar-refractivity contribution in [3.63, 3.8) is 0 Å². The number of rotatable bonds is 14. The lowest BCUT2D eigenvalue weighted by atomic mass is 10.0. The number of aromatic nitrogens is 2. The van der Waals surface area contributed by atoms with Gasteiger partial charge in [0.25, 0.3) is 0 Å². The van der Waals surface area contributed by atoms with Crippen LogP contribution in [0.2, 0.25) is 0 Å². The third-order valence-corrected chi connectivity index (χ3v) is 5.18. The van der Waals surface area contributed by atoms with E-state index in [0.717, 1.165) is 0 Å². The molecule has 0 aliphatic heterocycles. The van der Waals surface area contributed by atoms with Crippen LogP contribution in [0.25, 0.3) is 0 Å². The summed E-state index contributed by atoms with van der Waals surface area (Å²) in [5, 5.41) is 34.5. The van der Waals surface area contributed by atoms with Crippen LogP contribution in [0.5, 0.6) is 5.75 Å². The molecule has 200 valence electrons. The number of carbonyl (C=O) groups is 5. The van der Waals surface area contributed by atoms with Gasteiger partial charge in [0.2, 0.25) is 23.6 Å². The molecule has 15 heteroatoms. The fourth-order valence-electron chi connectivity index (χ4n) is 3.22. The Morgan fingerprint density at radius 1 is 0.919 bits per heavy atom. The van der Waals surface area contributed by atoms with Gasteiger partial charge >= 0.3 is 5.97 Å². The Morgan fingerprint density at radius 3 is 2.05 bits per heavy atom. The van der Waals surface area contributed by atoms with Crippen molar-refractivity contribution in [2.45, 2.75) is 43.4 Å². The molecule has 0 fully saturated rings. The molecule has 2 aromatic rings. The summed E-state index contributed by atoms with van der Waals surface area (Å²) in [6.45, 7) is -0.898. The number of aliphatic hydroxyl groups is 1. The number of phenolic OH excluding ortho intramolecular Hbond substituents is 1. The Hall–Kier alpha value is -4.50. The molecule has 0 bridgehead atoms. The van der Waals surface area contributed by atoms with Crippen LogP contribution >= 0.6 is 0 Å². The summed E-state index contributed by atoms with van der Waals surface area (Å²) in [4.78, 5) is 67.7. The number of carboxylic acids is 1. The number of aromatic amines is 1. The minimum absolute atomic E-state index is 0.0300. The van der Waals surface area contributed by atoms with Gasteiger partial charge < -0.3 is 47.7 Å². The number of benzene rings is 1. The molecule has 0 aliphatic rings. The SMILES string of the molecule is NC(=O)CC(NC(=O)C(N)Cc1ccc(O)cc1)C(=O)NC(Cc1cnc[nH]1)C(=O)NC(CO)C(=O)O. The number of carbonyl (C=O) groups excluding carboxylic acids is 4. The quantitative estimate of drug-likeness (QED) is 0.120. The summed E-state index contributed by atoms with van der Waals surface area (Å²) in [7, 11) is 0. The highest BCUT2D eigenvalue weighted by Crippen LogP contribution is 2.11. The zero-order valence-corrected chi connectivity index (χ0v) is 19.6. The van der Waals surface area contributed by atoms with E-state index in [9.17, 15) is 34.2 Å². The van der Waals surface area contributed by atoms with Crippen LogP contribution in [-0.2, 0) is 36.8 Å². The van der Waals surface area contributed by atoms with Gasteiger partial charge in [-0.15, -0.1) is 0 Å². The second-order valence-corrected chi connectivity index (χ2v) is 8.13. The van der Waals surface area contributed by atoms with Crippen molar-refractivity contribution in [3.05, 3.63) is 48.0 Å². The molecule has 0 saturated heterocycles.